The number of fused-ring (bicyclic) bond motifs is 1. The number of morpholine rings is 1. The lowest BCUT2D eigenvalue weighted by Gasteiger charge is -2.36. The summed E-state index contributed by atoms with van der Waals surface area (Å²) in [6, 6.07) is 5.40. The van der Waals surface area contributed by atoms with Crippen LogP contribution in [0.3, 0.4) is 0 Å². The third kappa shape index (κ3) is 2.26. The zero-order valence-electron chi connectivity index (χ0n) is 11.1. The molecule has 5 heteroatoms. The standard InChI is InChI=1S/C14H17NO4/c1-9-7-17-10(2)6-15(9)14(16)11-3-4-12-13(5-11)19-8-18-12/h3-5,9-10H,6-8H2,1-2H3. The monoisotopic (exact) mass is 263 g/mol. The van der Waals surface area contributed by atoms with E-state index in [1.165, 1.54) is 0 Å². The average molecular weight is 263 g/mol. The molecule has 3 rings (SSSR count). The lowest BCUT2D eigenvalue weighted by atomic mass is 10.1. The molecule has 1 amide bonds. The maximum absolute atomic E-state index is 12.5. The minimum atomic E-state index is 0.0148. The zero-order chi connectivity index (χ0) is 13.4. The first-order valence-corrected chi connectivity index (χ1v) is 6.47. The van der Waals surface area contributed by atoms with Crippen molar-refractivity contribution in [3.63, 3.8) is 0 Å². The van der Waals surface area contributed by atoms with Crippen molar-refractivity contribution in [2.24, 2.45) is 0 Å². The van der Waals surface area contributed by atoms with Gasteiger partial charge in [0.05, 0.1) is 18.8 Å². The Balaban J connectivity index is 1.83. The molecule has 2 atom stereocenters. The first-order chi connectivity index (χ1) is 9.15. The molecule has 1 saturated heterocycles. The molecule has 19 heavy (non-hydrogen) atoms. The van der Waals surface area contributed by atoms with Crippen LogP contribution in [0.2, 0.25) is 0 Å². The summed E-state index contributed by atoms with van der Waals surface area (Å²) in [5.74, 6) is 1.35. The highest BCUT2D eigenvalue weighted by Gasteiger charge is 2.29. The summed E-state index contributed by atoms with van der Waals surface area (Å²) in [7, 11) is 0. The van der Waals surface area contributed by atoms with E-state index in [-0.39, 0.29) is 24.8 Å². The predicted octanol–water partition coefficient (Wildman–Crippen LogP) is 1.66. The van der Waals surface area contributed by atoms with Crippen molar-refractivity contribution < 1.29 is 19.0 Å². The summed E-state index contributed by atoms with van der Waals surface area (Å²) in [6.07, 6.45) is 0.0779. The first-order valence-electron chi connectivity index (χ1n) is 6.47. The number of amides is 1. The van der Waals surface area contributed by atoms with E-state index in [9.17, 15) is 4.79 Å². The maximum Gasteiger partial charge on any atom is 0.254 e. The van der Waals surface area contributed by atoms with Crippen LogP contribution >= 0.6 is 0 Å². The van der Waals surface area contributed by atoms with Crippen molar-refractivity contribution in [3.8, 4) is 11.5 Å². The van der Waals surface area contributed by atoms with Crippen LogP contribution in [-0.2, 0) is 4.74 Å². The molecule has 102 valence electrons. The van der Waals surface area contributed by atoms with Gasteiger partial charge < -0.3 is 19.1 Å². The van der Waals surface area contributed by atoms with Crippen LogP contribution in [0.25, 0.3) is 0 Å². The second-order valence-electron chi connectivity index (χ2n) is 5.02. The van der Waals surface area contributed by atoms with E-state index in [1.807, 2.05) is 18.7 Å². The normalized spacial score (nSPS) is 25.5. The van der Waals surface area contributed by atoms with E-state index in [1.54, 1.807) is 18.2 Å². The number of nitrogens with zero attached hydrogens (tertiary/aromatic N) is 1. The SMILES string of the molecule is CC1CN(C(=O)c2ccc3c(c2)OCO3)C(C)CO1. The van der Waals surface area contributed by atoms with Gasteiger partial charge in [-0.2, -0.15) is 0 Å². The molecule has 1 aromatic rings. The molecule has 0 aromatic heterocycles. The Morgan fingerprint density at radius 1 is 1.26 bits per heavy atom. The lowest BCUT2D eigenvalue weighted by Crippen LogP contribution is -2.50. The molecule has 0 saturated carbocycles. The fourth-order valence-electron chi connectivity index (χ4n) is 2.38. The van der Waals surface area contributed by atoms with Crippen molar-refractivity contribution in [3.05, 3.63) is 23.8 Å². The number of hydrogen-bond acceptors (Lipinski definition) is 4. The molecule has 5 nitrogen and oxygen atoms in total. The molecular weight excluding hydrogens is 246 g/mol. The number of carbonyl (C=O) groups is 1. The highest BCUT2D eigenvalue weighted by atomic mass is 16.7. The van der Waals surface area contributed by atoms with Gasteiger partial charge in [0.2, 0.25) is 6.79 Å². The minimum Gasteiger partial charge on any atom is -0.454 e. The van der Waals surface area contributed by atoms with Crippen molar-refractivity contribution in [2.75, 3.05) is 19.9 Å². The Morgan fingerprint density at radius 3 is 2.89 bits per heavy atom. The summed E-state index contributed by atoms with van der Waals surface area (Å²) >= 11 is 0. The number of hydrogen-bond donors (Lipinski definition) is 0. The van der Waals surface area contributed by atoms with Gasteiger partial charge in [0.15, 0.2) is 11.5 Å². The molecule has 0 N–H and O–H groups in total. The Bertz CT molecular complexity index is 502. The zero-order valence-corrected chi connectivity index (χ0v) is 11.1. The summed E-state index contributed by atoms with van der Waals surface area (Å²) in [5.41, 5.74) is 0.630. The maximum atomic E-state index is 12.5. The fourth-order valence-corrected chi connectivity index (χ4v) is 2.38. The largest absolute Gasteiger partial charge is 0.454 e. The van der Waals surface area contributed by atoms with Crippen molar-refractivity contribution in [1.29, 1.82) is 0 Å². The van der Waals surface area contributed by atoms with Gasteiger partial charge in [-0.05, 0) is 32.0 Å². The quantitative estimate of drug-likeness (QED) is 0.773. The number of carbonyl (C=O) groups excluding carboxylic acids is 1. The number of rotatable bonds is 1. The molecule has 0 aliphatic carbocycles. The Hall–Kier alpha value is -1.75. The van der Waals surface area contributed by atoms with Gasteiger partial charge in [0, 0.05) is 12.1 Å². The predicted molar refractivity (Wildman–Crippen MR) is 68.5 cm³/mol. The van der Waals surface area contributed by atoms with Crippen LogP contribution in [-0.4, -0.2) is 42.9 Å². The molecule has 0 radical (unpaired) electrons. The van der Waals surface area contributed by atoms with Gasteiger partial charge in [-0.3, -0.25) is 4.79 Å². The Kier molecular flexibility index (Phi) is 3.06. The van der Waals surface area contributed by atoms with E-state index in [0.29, 0.717) is 30.2 Å². The molecule has 0 bridgehead atoms. The molecule has 1 fully saturated rings. The highest BCUT2D eigenvalue weighted by molar-refractivity contribution is 5.95. The Labute approximate surface area is 112 Å². The fraction of sp³-hybridized carbons (Fsp3) is 0.500. The van der Waals surface area contributed by atoms with E-state index in [2.05, 4.69) is 0 Å². The summed E-state index contributed by atoms with van der Waals surface area (Å²) in [4.78, 5) is 14.4. The molecule has 2 unspecified atom stereocenters. The van der Waals surface area contributed by atoms with Crippen LogP contribution in [0.1, 0.15) is 24.2 Å². The average Bonchev–Trinajstić information content (AvgIpc) is 2.88. The third-order valence-electron chi connectivity index (χ3n) is 3.49. The van der Waals surface area contributed by atoms with E-state index < -0.39 is 0 Å². The minimum absolute atomic E-state index is 0.0148. The van der Waals surface area contributed by atoms with Crippen LogP contribution in [0.15, 0.2) is 18.2 Å². The van der Waals surface area contributed by atoms with Crippen LogP contribution in [0.5, 0.6) is 11.5 Å². The van der Waals surface area contributed by atoms with E-state index in [4.69, 9.17) is 14.2 Å². The van der Waals surface area contributed by atoms with Crippen LogP contribution < -0.4 is 9.47 Å². The van der Waals surface area contributed by atoms with Gasteiger partial charge in [0.1, 0.15) is 0 Å². The smallest absolute Gasteiger partial charge is 0.254 e. The molecule has 2 heterocycles. The molecule has 0 spiro atoms. The van der Waals surface area contributed by atoms with E-state index >= 15 is 0 Å². The second-order valence-corrected chi connectivity index (χ2v) is 5.02. The van der Waals surface area contributed by atoms with Gasteiger partial charge in [0.25, 0.3) is 5.91 Å². The summed E-state index contributed by atoms with van der Waals surface area (Å²) in [5, 5.41) is 0. The van der Waals surface area contributed by atoms with Gasteiger partial charge >= 0.3 is 0 Å². The Morgan fingerprint density at radius 2 is 2.05 bits per heavy atom. The van der Waals surface area contributed by atoms with Crippen molar-refractivity contribution >= 4 is 5.91 Å². The third-order valence-corrected chi connectivity index (χ3v) is 3.49. The molecule has 2 aliphatic heterocycles. The number of benzene rings is 1. The number of ether oxygens (including phenoxy) is 3. The van der Waals surface area contributed by atoms with Gasteiger partial charge in [-0.15, -0.1) is 0 Å². The summed E-state index contributed by atoms with van der Waals surface area (Å²) in [6.45, 7) is 5.40. The lowest BCUT2D eigenvalue weighted by molar-refractivity contribution is -0.0387. The summed E-state index contributed by atoms with van der Waals surface area (Å²) < 4.78 is 16.1. The topological polar surface area (TPSA) is 48.0 Å². The van der Waals surface area contributed by atoms with E-state index in [0.717, 1.165) is 0 Å². The molecule has 2 aliphatic rings. The van der Waals surface area contributed by atoms with Crippen LogP contribution in [0.4, 0.5) is 0 Å². The molecule has 1 aromatic carbocycles. The highest BCUT2D eigenvalue weighted by Crippen LogP contribution is 2.33. The second kappa shape index (κ2) is 4.74. The molecular formula is C14H17NO4. The van der Waals surface area contributed by atoms with Gasteiger partial charge in [-0.1, -0.05) is 0 Å². The van der Waals surface area contributed by atoms with Gasteiger partial charge in [-0.25, -0.2) is 0 Å². The van der Waals surface area contributed by atoms with Crippen LogP contribution in [0, 0.1) is 0 Å². The van der Waals surface area contributed by atoms with Crippen molar-refractivity contribution in [1.82, 2.24) is 4.90 Å². The first kappa shape index (κ1) is 12.3. The van der Waals surface area contributed by atoms with Crippen molar-refractivity contribution in [2.45, 2.75) is 26.0 Å².